The zero-order chi connectivity index (χ0) is 79.4. The highest BCUT2D eigenvalue weighted by Crippen LogP contribution is 2.56. The molecule has 26 rings (SSSR count). The Morgan fingerprint density at radius 2 is 0.467 bits per heavy atom. The molecule has 0 spiro atoms. The molecule has 6 heterocycles. The van der Waals surface area contributed by atoms with Gasteiger partial charge in [0.1, 0.15) is 22.3 Å². The summed E-state index contributed by atoms with van der Waals surface area (Å²) >= 11 is 0. The van der Waals surface area contributed by atoms with Crippen molar-refractivity contribution in [3.63, 3.8) is 0 Å². The standard InChI is InChI=1S/2C57H38N2O/c1-57(2)48-34-40(26-28-41(48)45-29-31-54-55(56(45)57)46-16-8-11-19-53(46)60-54)59-50-18-10-7-15-43(50)47-32-37(23-30-51(47)59)38-22-27-44-42-14-6-9-17-49(42)58(52(44)33-38)39-24-20-36(21-25-39)35-12-4-3-5-13-35;1-57(2)48-34-40(26-29-41(48)46-30-31-54-55(56(46)57)47-16-8-11-19-53(47)60-54)59-50-18-10-7-15-43(50)45-28-23-38(33-52(45)59)37-22-27-44-42-14-6-9-17-49(42)58(51(44)32-37)39-24-20-36(21-25-39)35-12-4-3-5-13-35/h2*3-34H,1-2H3. The second kappa shape index (κ2) is 25.6. The number of aromatic nitrogens is 4. The average Bonchev–Trinajstić information content (AvgIpc) is 1.62. The summed E-state index contributed by atoms with van der Waals surface area (Å²) in [4.78, 5) is 0. The molecule has 2 aliphatic rings. The molecule has 2 aliphatic carbocycles. The van der Waals surface area contributed by atoms with E-state index in [4.69, 9.17) is 8.83 Å². The molecule has 18 aromatic carbocycles. The molecular weight excluding hydrogens is 1460 g/mol. The van der Waals surface area contributed by atoms with Crippen LogP contribution < -0.4 is 0 Å². The number of para-hydroxylation sites is 6. The molecule has 0 amide bonds. The molecule has 0 bridgehead atoms. The lowest BCUT2D eigenvalue weighted by Gasteiger charge is -2.23. The minimum Gasteiger partial charge on any atom is -0.456 e. The molecule has 0 atom stereocenters. The molecule has 0 N–H and O–H groups in total. The van der Waals surface area contributed by atoms with E-state index < -0.39 is 0 Å². The quantitative estimate of drug-likeness (QED) is 0.152. The number of hydrogen-bond acceptors (Lipinski definition) is 2. The molecule has 6 aromatic heterocycles. The van der Waals surface area contributed by atoms with Crippen molar-refractivity contribution in [3.8, 4) is 89.5 Å². The number of benzene rings is 18. The predicted molar refractivity (Wildman–Crippen MR) is 502 cm³/mol. The van der Waals surface area contributed by atoms with Crippen molar-refractivity contribution < 1.29 is 8.83 Å². The van der Waals surface area contributed by atoms with E-state index in [0.717, 1.165) is 33.7 Å². The first-order valence-electron chi connectivity index (χ1n) is 41.7. The maximum Gasteiger partial charge on any atom is 0.135 e. The Morgan fingerprint density at radius 1 is 0.183 bits per heavy atom. The molecule has 0 radical (unpaired) electrons. The zero-order valence-electron chi connectivity index (χ0n) is 66.6. The fourth-order valence-electron chi connectivity index (χ4n) is 21.1. The van der Waals surface area contributed by atoms with E-state index in [-0.39, 0.29) is 10.8 Å². The van der Waals surface area contributed by atoms with Crippen LogP contribution in [0.3, 0.4) is 0 Å². The number of furan rings is 2. The lowest BCUT2D eigenvalue weighted by atomic mass is 9.80. The zero-order valence-corrected chi connectivity index (χ0v) is 66.6. The van der Waals surface area contributed by atoms with Gasteiger partial charge in [0.05, 0.1) is 44.1 Å². The van der Waals surface area contributed by atoms with Gasteiger partial charge in [-0.05, 0) is 216 Å². The Balaban J connectivity index is 0.000000133. The topological polar surface area (TPSA) is 46.0 Å². The lowest BCUT2D eigenvalue weighted by Crippen LogP contribution is -2.16. The Kier molecular flexibility index (Phi) is 14.5. The molecule has 6 nitrogen and oxygen atoms in total. The third-order valence-corrected chi connectivity index (χ3v) is 26.6. The first-order chi connectivity index (χ1) is 59.0. The highest BCUT2D eigenvalue weighted by molar-refractivity contribution is 6.17. The van der Waals surface area contributed by atoms with Crippen LogP contribution in [0, 0.1) is 0 Å². The van der Waals surface area contributed by atoms with Crippen LogP contribution in [0.1, 0.15) is 49.9 Å². The van der Waals surface area contributed by atoms with Crippen LogP contribution in [0.25, 0.3) is 221 Å². The van der Waals surface area contributed by atoms with Crippen LogP contribution in [0.2, 0.25) is 0 Å². The summed E-state index contributed by atoms with van der Waals surface area (Å²) in [5, 5.41) is 14.8. The van der Waals surface area contributed by atoms with Crippen LogP contribution in [0.15, 0.2) is 397 Å². The fraction of sp³-hybridized carbons (Fsp3) is 0.0526. The molecule has 24 aromatic rings. The van der Waals surface area contributed by atoms with Crippen LogP contribution in [-0.2, 0) is 10.8 Å². The van der Waals surface area contributed by atoms with Gasteiger partial charge in [0.15, 0.2) is 0 Å². The highest BCUT2D eigenvalue weighted by atomic mass is 16.3. The van der Waals surface area contributed by atoms with Crippen LogP contribution in [0.4, 0.5) is 0 Å². The van der Waals surface area contributed by atoms with E-state index in [2.05, 4.69) is 434 Å². The van der Waals surface area contributed by atoms with Gasteiger partial charge in [0.2, 0.25) is 0 Å². The first-order valence-corrected chi connectivity index (χ1v) is 41.7. The molecule has 0 unspecified atom stereocenters. The molecular formula is C114H76N4O2. The van der Waals surface area contributed by atoms with E-state index in [1.54, 1.807) is 0 Å². The van der Waals surface area contributed by atoms with Gasteiger partial charge < -0.3 is 27.1 Å². The Hall–Kier alpha value is -15.2. The molecule has 0 saturated carbocycles. The van der Waals surface area contributed by atoms with Gasteiger partial charge in [0, 0.05) is 98.2 Å². The molecule has 6 heteroatoms. The van der Waals surface area contributed by atoms with Gasteiger partial charge in [-0.1, -0.05) is 289 Å². The van der Waals surface area contributed by atoms with Gasteiger partial charge in [-0.25, -0.2) is 0 Å². The number of fused-ring (bicyclic) bond motifs is 26. The van der Waals surface area contributed by atoms with E-state index in [1.807, 2.05) is 0 Å². The lowest BCUT2D eigenvalue weighted by molar-refractivity contribution is 0.656. The van der Waals surface area contributed by atoms with Gasteiger partial charge in [-0.15, -0.1) is 0 Å². The predicted octanol–water partition coefficient (Wildman–Crippen LogP) is 30.8. The Morgan fingerprint density at radius 3 is 0.875 bits per heavy atom. The van der Waals surface area contributed by atoms with Crippen LogP contribution in [-0.4, -0.2) is 18.3 Å². The number of nitrogens with zero attached hydrogens (tertiary/aromatic N) is 4. The maximum atomic E-state index is 6.38. The second-order valence-electron chi connectivity index (χ2n) is 33.8. The Bertz CT molecular complexity index is 8440. The smallest absolute Gasteiger partial charge is 0.135 e. The van der Waals surface area contributed by atoms with E-state index >= 15 is 0 Å². The van der Waals surface area contributed by atoms with Gasteiger partial charge in [0.25, 0.3) is 0 Å². The summed E-state index contributed by atoms with van der Waals surface area (Å²) in [7, 11) is 0. The maximum absolute atomic E-state index is 6.38. The van der Waals surface area contributed by atoms with Crippen molar-refractivity contribution in [2.24, 2.45) is 0 Å². The molecule has 0 saturated heterocycles. The van der Waals surface area contributed by atoms with Gasteiger partial charge in [-0.3, -0.25) is 0 Å². The average molecular weight is 1530 g/mol. The van der Waals surface area contributed by atoms with Crippen molar-refractivity contribution in [1.29, 1.82) is 0 Å². The summed E-state index contributed by atoms with van der Waals surface area (Å²) in [6, 6.07) is 142. The molecule has 564 valence electrons. The summed E-state index contributed by atoms with van der Waals surface area (Å²) in [6.07, 6.45) is 0. The highest BCUT2D eigenvalue weighted by Gasteiger charge is 2.41. The van der Waals surface area contributed by atoms with Gasteiger partial charge in [-0.2, -0.15) is 0 Å². The number of hydrogen-bond donors (Lipinski definition) is 0. The van der Waals surface area contributed by atoms with E-state index in [9.17, 15) is 0 Å². The molecule has 120 heavy (non-hydrogen) atoms. The van der Waals surface area contributed by atoms with Crippen molar-refractivity contribution in [2.45, 2.75) is 38.5 Å². The SMILES string of the molecule is CC1(C)c2cc(-n3c4ccccc4c4cc(-c5ccc6c7ccccc7n(-c7ccc(-c8ccccc8)cc7)c6c5)ccc43)ccc2-c2ccc3oc4ccccc4c3c21.CC1(C)c2cc(-n3c4ccccc4c4ccc(-c5ccc6c7ccccc7n(-c7ccc(-c8ccccc8)cc7)c6c5)cc43)ccc2-c2ccc3oc4ccccc4c3c21. The minimum atomic E-state index is -0.230. The van der Waals surface area contributed by atoms with E-state index in [0.29, 0.717) is 0 Å². The molecule has 0 aliphatic heterocycles. The second-order valence-corrected chi connectivity index (χ2v) is 33.8. The Labute approximate surface area is 692 Å². The van der Waals surface area contributed by atoms with Crippen molar-refractivity contribution in [1.82, 2.24) is 18.3 Å². The van der Waals surface area contributed by atoms with Crippen molar-refractivity contribution in [3.05, 3.63) is 411 Å². The summed E-state index contributed by atoms with van der Waals surface area (Å²) < 4.78 is 22.5. The summed E-state index contributed by atoms with van der Waals surface area (Å²) in [5.41, 5.74) is 37.8. The molecule has 0 fully saturated rings. The third kappa shape index (κ3) is 9.97. The summed E-state index contributed by atoms with van der Waals surface area (Å²) in [5.74, 6) is 0. The van der Waals surface area contributed by atoms with Crippen LogP contribution >= 0.6 is 0 Å². The monoisotopic (exact) mass is 1530 g/mol. The minimum absolute atomic E-state index is 0.218. The first kappa shape index (κ1) is 68.0. The van der Waals surface area contributed by atoms with Crippen LogP contribution in [0.5, 0.6) is 0 Å². The normalized spacial score (nSPS) is 13.3. The number of rotatable bonds is 8. The largest absolute Gasteiger partial charge is 0.456 e. The third-order valence-electron chi connectivity index (χ3n) is 26.6. The van der Waals surface area contributed by atoms with E-state index in [1.165, 1.54) is 209 Å². The fourth-order valence-corrected chi connectivity index (χ4v) is 21.1. The van der Waals surface area contributed by atoms with Gasteiger partial charge >= 0.3 is 0 Å². The van der Waals surface area contributed by atoms with Crippen molar-refractivity contribution in [2.75, 3.05) is 0 Å². The summed E-state index contributed by atoms with van der Waals surface area (Å²) in [6.45, 7) is 9.49. The van der Waals surface area contributed by atoms with Crippen molar-refractivity contribution >= 4 is 131 Å².